The molecule has 0 aliphatic rings. The summed E-state index contributed by atoms with van der Waals surface area (Å²) in [6, 6.07) is 15.8. The van der Waals surface area contributed by atoms with Crippen molar-refractivity contribution in [3.8, 4) is 5.75 Å². The van der Waals surface area contributed by atoms with Crippen LogP contribution in [0.25, 0.3) is 0 Å². The van der Waals surface area contributed by atoms with Crippen LogP contribution in [0.2, 0.25) is 15.1 Å². The van der Waals surface area contributed by atoms with Gasteiger partial charge in [0.25, 0.3) is 10.0 Å². The molecule has 220 valence electrons. The zero-order valence-electron chi connectivity index (χ0n) is 23.3. The van der Waals surface area contributed by atoms with E-state index in [9.17, 15) is 18.0 Å². The zero-order valence-corrected chi connectivity index (χ0v) is 26.4. The highest BCUT2D eigenvalue weighted by Gasteiger charge is 2.33. The molecule has 0 unspecified atom stereocenters. The molecule has 0 aliphatic heterocycles. The number of nitrogens with zero attached hydrogens (tertiary/aromatic N) is 2. The van der Waals surface area contributed by atoms with Gasteiger partial charge in [0.2, 0.25) is 11.8 Å². The van der Waals surface area contributed by atoms with Crippen molar-refractivity contribution in [2.45, 2.75) is 50.7 Å². The third-order valence-electron chi connectivity index (χ3n) is 6.04. The molecule has 3 aromatic rings. The maximum atomic E-state index is 14.0. The smallest absolute Gasteiger partial charge is 0.264 e. The molecular weight excluding hydrogens is 609 g/mol. The van der Waals surface area contributed by atoms with Gasteiger partial charge in [-0.25, -0.2) is 8.42 Å². The number of sulfonamides is 1. The molecule has 0 bridgehead atoms. The number of hydrogen-bond donors (Lipinski definition) is 1. The highest BCUT2D eigenvalue weighted by atomic mass is 35.5. The number of methoxy groups -OCH3 is 1. The van der Waals surface area contributed by atoms with E-state index in [0.29, 0.717) is 21.4 Å². The van der Waals surface area contributed by atoms with Crippen LogP contribution in [0.4, 0.5) is 5.69 Å². The van der Waals surface area contributed by atoms with Gasteiger partial charge < -0.3 is 15.0 Å². The molecule has 0 aromatic heterocycles. The Bertz CT molecular complexity index is 1510. The van der Waals surface area contributed by atoms with Crippen LogP contribution >= 0.6 is 34.8 Å². The third kappa shape index (κ3) is 8.52. The predicted molar refractivity (Wildman–Crippen MR) is 163 cm³/mol. The molecular formula is C29H32Cl3N3O5S. The van der Waals surface area contributed by atoms with Crippen molar-refractivity contribution in [3.63, 3.8) is 0 Å². The lowest BCUT2D eigenvalue weighted by Gasteiger charge is -2.33. The predicted octanol–water partition coefficient (Wildman–Crippen LogP) is 6.18. The first-order valence-corrected chi connectivity index (χ1v) is 15.2. The minimum absolute atomic E-state index is 0.0584. The summed E-state index contributed by atoms with van der Waals surface area (Å²) < 4.78 is 33.9. The zero-order chi connectivity index (χ0) is 30.5. The van der Waals surface area contributed by atoms with Crippen LogP contribution in [0.5, 0.6) is 5.75 Å². The van der Waals surface area contributed by atoms with E-state index in [4.69, 9.17) is 39.5 Å². The molecule has 0 spiro atoms. The topological polar surface area (TPSA) is 96.0 Å². The summed E-state index contributed by atoms with van der Waals surface area (Å²) in [4.78, 5) is 28.4. The maximum absolute atomic E-state index is 14.0. The molecule has 2 amide bonds. The fourth-order valence-electron chi connectivity index (χ4n) is 3.93. The summed E-state index contributed by atoms with van der Waals surface area (Å²) in [5, 5.41) is 3.87. The normalized spacial score (nSPS) is 12.4. The first kappa shape index (κ1) is 32.5. The number of carbonyl (C=O) groups excluding carboxylic acids is 2. The average Bonchev–Trinajstić information content (AvgIpc) is 2.89. The molecule has 8 nitrogen and oxygen atoms in total. The molecule has 3 rings (SSSR count). The fourth-order valence-corrected chi connectivity index (χ4v) is 5.98. The molecule has 0 radical (unpaired) electrons. The number of carbonyl (C=O) groups is 2. The summed E-state index contributed by atoms with van der Waals surface area (Å²) in [5.74, 6) is -0.577. The Balaban J connectivity index is 2.06. The van der Waals surface area contributed by atoms with E-state index in [1.165, 1.54) is 54.5 Å². The number of amides is 2. The quantitative estimate of drug-likeness (QED) is 0.286. The minimum atomic E-state index is -4.26. The monoisotopic (exact) mass is 639 g/mol. The second-order valence-electron chi connectivity index (χ2n) is 10.3. The van der Waals surface area contributed by atoms with Gasteiger partial charge in [0, 0.05) is 27.2 Å². The summed E-state index contributed by atoms with van der Waals surface area (Å²) in [6.45, 7) is 6.35. The van der Waals surface area contributed by atoms with Crippen molar-refractivity contribution >= 4 is 62.3 Å². The SMILES string of the molecule is COc1ccc(S(=O)(=O)N(CC(=O)N(Cc2ccc(Cl)cc2Cl)[C@H](C)C(=O)NC(C)(C)C)c2cccc(Cl)c2)cc1. The Morgan fingerprint density at radius 2 is 1.59 bits per heavy atom. The highest BCUT2D eigenvalue weighted by Crippen LogP contribution is 2.29. The molecule has 0 aliphatic carbocycles. The van der Waals surface area contributed by atoms with E-state index in [1.54, 1.807) is 31.2 Å². The average molecular weight is 641 g/mol. The lowest BCUT2D eigenvalue weighted by Crippen LogP contribution is -2.54. The molecule has 0 saturated heterocycles. The van der Waals surface area contributed by atoms with E-state index in [-0.39, 0.29) is 22.2 Å². The van der Waals surface area contributed by atoms with Gasteiger partial charge in [-0.05, 0) is 87.9 Å². The summed E-state index contributed by atoms with van der Waals surface area (Å²) in [7, 11) is -2.79. The summed E-state index contributed by atoms with van der Waals surface area (Å²) >= 11 is 18.7. The van der Waals surface area contributed by atoms with Crippen LogP contribution in [0, 0.1) is 0 Å². The standard InChI is InChI=1S/C29H32Cl3N3O5S/c1-19(28(37)33-29(2,3)4)34(17-20-9-10-22(31)16-26(20)32)27(36)18-35(23-8-6-7-21(30)15-23)41(38,39)25-13-11-24(40-5)12-14-25/h6-16,19H,17-18H2,1-5H3,(H,33,37)/t19-/m1/s1. The molecule has 12 heteroatoms. The molecule has 3 aromatic carbocycles. The highest BCUT2D eigenvalue weighted by molar-refractivity contribution is 7.92. The summed E-state index contributed by atoms with van der Waals surface area (Å²) in [5.41, 5.74) is 0.146. The van der Waals surface area contributed by atoms with Crippen LogP contribution in [0.1, 0.15) is 33.3 Å². The van der Waals surface area contributed by atoms with E-state index >= 15 is 0 Å². The van der Waals surface area contributed by atoms with Crippen molar-refractivity contribution in [3.05, 3.63) is 87.4 Å². The lowest BCUT2D eigenvalue weighted by atomic mass is 10.1. The van der Waals surface area contributed by atoms with E-state index in [2.05, 4.69) is 5.32 Å². The van der Waals surface area contributed by atoms with Gasteiger partial charge in [0.15, 0.2) is 0 Å². The Morgan fingerprint density at radius 3 is 2.15 bits per heavy atom. The maximum Gasteiger partial charge on any atom is 0.264 e. The van der Waals surface area contributed by atoms with Crippen LogP contribution in [0.3, 0.4) is 0 Å². The third-order valence-corrected chi connectivity index (χ3v) is 8.65. The van der Waals surface area contributed by atoms with E-state index < -0.39 is 40.0 Å². The van der Waals surface area contributed by atoms with Gasteiger partial charge in [-0.2, -0.15) is 0 Å². The van der Waals surface area contributed by atoms with Gasteiger partial charge in [-0.15, -0.1) is 0 Å². The van der Waals surface area contributed by atoms with Crippen molar-refractivity contribution in [2.75, 3.05) is 18.0 Å². The van der Waals surface area contributed by atoms with Gasteiger partial charge >= 0.3 is 0 Å². The number of anilines is 1. The Morgan fingerprint density at radius 1 is 0.951 bits per heavy atom. The number of ether oxygens (including phenoxy) is 1. The largest absolute Gasteiger partial charge is 0.497 e. The first-order chi connectivity index (χ1) is 19.1. The molecule has 1 atom stereocenters. The Hall–Kier alpha value is -2.98. The van der Waals surface area contributed by atoms with Gasteiger partial charge in [-0.3, -0.25) is 13.9 Å². The molecule has 0 heterocycles. The summed E-state index contributed by atoms with van der Waals surface area (Å²) in [6.07, 6.45) is 0. The minimum Gasteiger partial charge on any atom is -0.497 e. The van der Waals surface area contributed by atoms with Crippen molar-refractivity contribution in [1.82, 2.24) is 10.2 Å². The molecule has 1 N–H and O–H groups in total. The second kappa shape index (κ2) is 13.3. The fraction of sp³-hybridized carbons (Fsp3) is 0.310. The second-order valence-corrected chi connectivity index (χ2v) is 13.5. The van der Waals surface area contributed by atoms with Crippen LogP contribution in [-0.4, -0.2) is 50.4 Å². The number of benzene rings is 3. The van der Waals surface area contributed by atoms with Crippen LogP contribution < -0.4 is 14.4 Å². The van der Waals surface area contributed by atoms with Crippen molar-refractivity contribution in [2.24, 2.45) is 0 Å². The van der Waals surface area contributed by atoms with E-state index in [0.717, 1.165) is 4.31 Å². The van der Waals surface area contributed by atoms with Gasteiger partial charge in [-0.1, -0.05) is 46.9 Å². The van der Waals surface area contributed by atoms with Crippen molar-refractivity contribution in [1.29, 1.82) is 0 Å². The van der Waals surface area contributed by atoms with Crippen molar-refractivity contribution < 1.29 is 22.7 Å². The molecule has 41 heavy (non-hydrogen) atoms. The van der Waals surface area contributed by atoms with Crippen LogP contribution in [0.15, 0.2) is 71.6 Å². The molecule has 0 saturated carbocycles. The number of nitrogens with one attached hydrogen (secondary N) is 1. The van der Waals surface area contributed by atoms with Gasteiger partial charge in [0.05, 0.1) is 17.7 Å². The lowest BCUT2D eigenvalue weighted by molar-refractivity contribution is -0.140. The van der Waals surface area contributed by atoms with E-state index in [1.807, 2.05) is 20.8 Å². The first-order valence-electron chi connectivity index (χ1n) is 12.6. The van der Waals surface area contributed by atoms with Gasteiger partial charge in [0.1, 0.15) is 18.3 Å². The number of rotatable bonds is 10. The van der Waals surface area contributed by atoms with Crippen LogP contribution in [-0.2, 0) is 26.2 Å². The molecule has 0 fully saturated rings. The number of halogens is 3. The number of hydrogen-bond acceptors (Lipinski definition) is 5. The Labute approximate surface area is 256 Å². The Kier molecular flexibility index (Phi) is 10.6.